The number of methoxy groups -OCH3 is 1. The number of aliphatic hydroxyl groups excluding tert-OH is 1. The van der Waals surface area contributed by atoms with E-state index in [1.807, 2.05) is 65.2 Å². The first kappa shape index (κ1) is 41.0. The maximum atomic E-state index is 13.7. The highest BCUT2D eigenvalue weighted by Crippen LogP contribution is 2.45. The number of likely N-dealkylation sites (tertiary alicyclic amines) is 1. The Bertz CT molecular complexity index is 1560. The van der Waals surface area contributed by atoms with Crippen molar-refractivity contribution in [3.8, 4) is 5.75 Å². The third-order valence-corrected chi connectivity index (χ3v) is 9.84. The first-order valence-corrected chi connectivity index (χ1v) is 18.9. The lowest BCUT2D eigenvalue weighted by Crippen LogP contribution is -2.55. The number of rotatable bonds is 17. The van der Waals surface area contributed by atoms with Gasteiger partial charge in [0.2, 0.25) is 5.91 Å². The summed E-state index contributed by atoms with van der Waals surface area (Å²) in [6.07, 6.45) is 6.97. The van der Waals surface area contributed by atoms with Crippen molar-refractivity contribution in [1.29, 1.82) is 0 Å². The van der Waals surface area contributed by atoms with Crippen LogP contribution in [0.3, 0.4) is 0 Å². The van der Waals surface area contributed by atoms with Gasteiger partial charge in [-0.15, -0.1) is 6.58 Å². The van der Waals surface area contributed by atoms with E-state index in [1.54, 1.807) is 7.11 Å². The molecule has 1 fully saturated rings. The molecule has 0 spiro atoms. The molecule has 4 atom stereocenters. The van der Waals surface area contributed by atoms with Crippen LogP contribution in [0.15, 0.2) is 61.3 Å². The van der Waals surface area contributed by atoms with Crippen molar-refractivity contribution >= 4 is 22.8 Å². The fourth-order valence-electron chi connectivity index (χ4n) is 7.27. The summed E-state index contributed by atoms with van der Waals surface area (Å²) in [6, 6.07) is 14.8. The van der Waals surface area contributed by atoms with Crippen molar-refractivity contribution in [1.82, 2.24) is 30.3 Å². The van der Waals surface area contributed by atoms with Crippen LogP contribution < -0.4 is 15.4 Å². The molecule has 1 aliphatic carbocycles. The number of hydrogen-bond acceptors (Lipinski definition) is 8. The van der Waals surface area contributed by atoms with Gasteiger partial charge in [-0.05, 0) is 88.1 Å². The minimum Gasteiger partial charge on any atom is -0.491 e. The number of carbonyl (C=O) groups excluding carboxylic acids is 2. The van der Waals surface area contributed by atoms with Crippen LogP contribution in [-0.2, 0) is 22.4 Å². The molecule has 1 unspecified atom stereocenters. The van der Waals surface area contributed by atoms with Crippen LogP contribution in [0.1, 0.15) is 56.2 Å². The predicted molar refractivity (Wildman–Crippen MR) is 209 cm³/mol. The van der Waals surface area contributed by atoms with Gasteiger partial charge in [0.05, 0.1) is 12.5 Å². The Kier molecular flexibility index (Phi) is 16.2. The Hall–Kier alpha value is -3.74. The van der Waals surface area contributed by atoms with E-state index >= 15 is 0 Å². The second-order valence-corrected chi connectivity index (χ2v) is 14.5. The van der Waals surface area contributed by atoms with E-state index in [1.165, 1.54) is 27.0 Å². The molecule has 3 aromatic rings. The zero-order chi connectivity index (χ0) is 37.6. The molecule has 5 rings (SSSR count). The number of aliphatic hydroxyl groups is 1. The molecule has 2 aromatic carbocycles. The van der Waals surface area contributed by atoms with Gasteiger partial charge >= 0.3 is 6.03 Å². The molecule has 11 heteroatoms. The summed E-state index contributed by atoms with van der Waals surface area (Å²) in [5.41, 5.74) is 5.06. The Morgan fingerprint density at radius 1 is 1.15 bits per heavy atom. The fourth-order valence-corrected chi connectivity index (χ4v) is 7.27. The summed E-state index contributed by atoms with van der Waals surface area (Å²) in [6.45, 7) is 14.7. The number of urea groups is 1. The largest absolute Gasteiger partial charge is 0.491 e. The maximum absolute atomic E-state index is 13.7. The topological polar surface area (TPSA) is 122 Å². The molecule has 2 heterocycles. The monoisotopic (exact) mass is 718 g/mol. The van der Waals surface area contributed by atoms with Crippen LogP contribution in [0, 0.1) is 5.92 Å². The molecule has 0 radical (unpaired) electrons. The van der Waals surface area contributed by atoms with Crippen LogP contribution in [-0.4, -0.2) is 129 Å². The van der Waals surface area contributed by atoms with Gasteiger partial charge in [0, 0.05) is 74.9 Å². The molecule has 3 amide bonds. The fraction of sp³-hybridized carbons (Fsp3) is 0.561. The second-order valence-electron chi connectivity index (χ2n) is 14.5. The molecule has 11 nitrogen and oxygen atoms in total. The van der Waals surface area contributed by atoms with Crippen molar-refractivity contribution in [2.24, 2.45) is 5.92 Å². The lowest BCUT2D eigenvalue weighted by molar-refractivity contribution is -0.135. The minimum absolute atomic E-state index is 0.0562. The van der Waals surface area contributed by atoms with Crippen LogP contribution in [0.5, 0.6) is 5.75 Å². The summed E-state index contributed by atoms with van der Waals surface area (Å²) in [5.74, 6) is 0.769. The molecule has 1 saturated heterocycles. The number of H-pyrrole nitrogens is 1. The van der Waals surface area contributed by atoms with E-state index in [0.717, 1.165) is 56.6 Å². The number of benzene rings is 2. The Balaban J connectivity index is 0.000000272. The molecular formula is C41H62N6O5. The number of aromatic nitrogens is 1. The van der Waals surface area contributed by atoms with E-state index < -0.39 is 6.10 Å². The third kappa shape index (κ3) is 11.4. The van der Waals surface area contributed by atoms with E-state index in [9.17, 15) is 14.7 Å². The molecular weight excluding hydrogens is 656 g/mol. The number of hydrogen-bond donors (Lipinski definition) is 4. The lowest BCUT2D eigenvalue weighted by Gasteiger charge is -2.47. The number of amides is 3. The van der Waals surface area contributed by atoms with Gasteiger partial charge in [-0.25, -0.2) is 4.79 Å². The molecule has 1 aliphatic heterocycles. The van der Waals surface area contributed by atoms with Gasteiger partial charge in [0.1, 0.15) is 18.5 Å². The van der Waals surface area contributed by atoms with Gasteiger partial charge in [-0.3, -0.25) is 14.6 Å². The number of nitrogens with one attached hydrogen (secondary N) is 3. The highest BCUT2D eigenvalue weighted by molar-refractivity contribution is 5.96. The van der Waals surface area contributed by atoms with Gasteiger partial charge in [-0.2, -0.15) is 0 Å². The Morgan fingerprint density at radius 3 is 2.60 bits per heavy atom. The smallest absolute Gasteiger partial charge is 0.324 e. The van der Waals surface area contributed by atoms with Gasteiger partial charge < -0.3 is 35.1 Å². The Labute approximate surface area is 310 Å². The minimum atomic E-state index is -0.490. The first-order chi connectivity index (χ1) is 25.1. The van der Waals surface area contributed by atoms with Crippen molar-refractivity contribution in [2.45, 2.75) is 70.6 Å². The average Bonchev–Trinajstić information content (AvgIpc) is 3.55. The van der Waals surface area contributed by atoms with E-state index in [2.05, 4.69) is 56.4 Å². The van der Waals surface area contributed by atoms with Crippen molar-refractivity contribution < 1.29 is 24.2 Å². The van der Waals surface area contributed by atoms with Crippen molar-refractivity contribution in [2.75, 3.05) is 73.7 Å². The van der Waals surface area contributed by atoms with Crippen molar-refractivity contribution in [3.05, 3.63) is 78.0 Å². The Morgan fingerprint density at radius 2 is 1.92 bits per heavy atom. The van der Waals surface area contributed by atoms with Gasteiger partial charge in [-0.1, -0.05) is 44.2 Å². The predicted octanol–water partition coefficient (Wildman–Crippen LogP) is 4.81. The van der Waals surface area contributed by atoms with Crippen LogP contribution >= 0.6 is 0 Å². The lowest BCUT2D eigenvalue weighted by atomic mass is 9.72. The van der Waals surface area contributed by atoms with E-state index in [-0.39, 0.29) is 23.8 Å². The third-order valence-electron chi connectivity index (χ3n) is 9.84. The molecule has 286 valence electrons. The van der Waals surface area contributed by atoms with E-state index in [0.29, 0.717) is 44.9 Å². The molecule has 4 N–H and O–H groups in total. The zero-order valence-corrected chi connectivity index (χ0v) is 32.2. The van der Waals surface area contributed by atoms with Gasteiger partial charge in [0.25, 0.3) is 0 Å². The van der Waals surface area contributed by atoms with Crippen LogP contribution in [0.2, 0.25) is 0 Å². The number of fused-ring (bicyclic) bond motifs is 2. The first-order valence-electron chi connectivity index (χ1n) is 18.9. The molecule has 0 saturated carbocycles. The number of ether oxygens (including phenoxy) is 2. The summed E-state index contributed by atoms with van der Waals surface area (Å²) in [4.78, 5) is 35.9. The molecule has 1 aromatic heterocycles. The summed E-state index contributed by atoms with van der Waals surface area (Å²) >= 11 is 0. The normalized spacial score (nSPS) is 18.8. The van der Waals surface area contributed by atoms with Crippen molar-refractivity contribution in [3.63, 3.8) is 0 Å². The second kappa shape index (κ2) is 20.5. The number of aromatic amines is 1. The van der Waals surface area contributed by atoms with E-state index in [4.69, 9.17) is 9.47 Å². The SMILES string of the molecule is C=CCN1C[C@H](C(=O)N(CCCN(C)C)C(=O)NCC)C[C@@H]2c3cccc4[nH]cc(c34)C[C@H]21.COCCc1ccc(OCC(O)CNC(C)C)cc1. The summed E-state index contributed by atoms with van der Waals surface area (Å²) in [7, 11) is 5.71. The molecule has 2 aliphatic rings. The maximum Gasteiger partial charge on any atom is 0.324 e. The number of carbonyl (C=O) groups is 2. The zero-order valence-electron chi connectivity index (χ0n) is 32.2. The molecule has 52 heavy (non-hydrogen) atoms. The number of imide groups is 1. The number of nitrogens with zero attached hydrogens (tertiary/aromatic N) is 3. The summed E-state index contributed by atoms with van der Waals surface area (Å²) in [5, 5.41) is 17.1. The average molecular weight is 719 g/mol. The summed E-state index contributed by atoms with van der Waals surface area (Å²) < 4.78 is 10.6. The highest BCUT2D eigenvalue weighted by Gasteiger charge is 2.44. The highest BCUT2D eigenvalue weighted by atomic mass is 16.5. The van der Waals surface area contributed by atoms with Gasteiger partial charge in [0.15, 0.2) is 0 Å². The van der Waals surface area contributed by atoms with Crippen LogP contribution in [0.4, 0.5) is 4.79 Å². The molecule has 0 bridgehead atoms. The standard InChI is InChI=1S/C26H37N5O2.C15H25NO3/c1-5-11-30-17-19(25(32)31(26(33)27-6-2)13-8-12-29(3)4)14-21-20-9-7-10-22-24(20)18(16-28-22)15-23(21)30;1-12(2)16-10-14(17)11-19-15-6-4-13(5-7-15)8-9-18-3/h5,7,9-10,16,19,21,23,28H,1,6,8,11-15,17H2,2-4H3,(H,27,33);4-7,12,14,16-17H,8-11H2,1-3H3/t19-,21-,23-;/m1./s1. The van der Waals surface area contributed by atoms with Crippen LogP contribution in [0.25, 0.3) is 10.9 Å². The number of piperidine rings is 1. The quantitative estimate of drug-likeness (QED) is 0.147.